The molecule has 3 heterocycles. The molecule has 1 aliphatic rings. The molecule has 0 aliphatic carbocycles. The van der Waals surface area contributed by atoms with Crippen LogP contribution in [0, 0.1) is 12.8 Å². The van der Waals surface area contributed by atoms with Gasteiger partial charge in [0.1, 0.15) is 11.6 Å². The van der Waals surface area contributed by atoms with Crippen molar-refractivity contribution in [2.75, 3.05) is 18.5 Å². The number of benzene rings is 1. The lowest BCUT2D eigenvalue weighted by Crippen LogP contribution is -2.39. The van der Waals surface area contributed by atoms with Crippen LogP contribution < -0.4 is 5.32 Å². The highest BCUT2D eigenvalue weighted by atomic mass is 16.5. The summed E-state index contributed by atoms with van der Waals surface area (Å²) in [4.78, 5) is 13.3. The SMILES string of the molecule is CCCc1ncc([C@@H](Nc2ccc(-n3ccnc3C)cc2)[C@@H]2COCC[C@@H]2O)cn1. The highest BCUT2D eigenvalue weighted by Gasteiger charge is 2.33. The van der Waals surface area contributed by atoms with E-state index >= 15 is 0 Å². The highest BCUT2D eigenvalue weighted by molar-refractivity contribution is 5.50. The third kappa shape index (κ3) is 4.52. The van der Waals surface area contributed by atoms with Gasteiger partial charge in [0.25, 0.3) is 0 Å². The third-order valence-electron chi connectivity index (χ3n) is 5.64. The number of nitrogens with zero attached hydrogens (tertiary/aromatic N) is 4. The van der Waals surface area contributed by atoms with Crippen molar-refractivity contribution in [2.24, 2.45) is 5.92 Å². The van der Waals surface area contributed by atoms with Gasteiger partial charge in [-0.2, -0.15) is 0 Å². The van der Waals surface area contributed by atoms with Crippen LogP contribution >= 0.6 is 0 Å². The number of hydrogen-bond donors (Lipinski definition) is 2. The number of aliphatic hydroxyl groups is 1. The molecular weight excluding hydrogens is 378 g/mol. The molecule has 3 atom stereocenters. The predicted molar refractivity (Wildman–Crippen MR) is 116 cm³/mol. The van der Waals surface area contributed by atoms with Crippen LogP contribution in [0.25, 0.3) is 5.69 Å². The molecule has 3 aromatic rings. The van der Waals surface area contributed by atoms with E-state index in [1.165, 1.54) is 0 Å². The van der Waals surface area contributed by atoms with E-state index in [1.54, 1.807) is 6.20 Å². The summed E-state index contributed by atoms with van der Waals surface area (Å²) >= 11 is 0. The fourth-order valence-corrected chi connectivity index (χ4v) is 3.93. The number of aryl methyl sites for hydroxylation is 2. The Labute approximate surface area is 177 Å². The molecule has 158 valence electrons. The van der Waals surface area contributed by atoms with Gasteiger partial charge in [-0.3, -0.25) is 0 Å². The molecule has 7 heteroatoms. The van der Waals surface area contributed by atoms with Gasteiger partial charge in [0.2, 0.25) is 0 Å². The number of imidazole rings is 1. The minimum absolute atomic E-state index is 0.0741. The van der Waals surface area contributed by atoms with Crippen LogP contribution in [0.2, 0.25) is 0 Å². The van der Waals surface area contributed by atoms with Gasteiger partial charge in [-0.05, 0) is 44.0 Å². The molecule has 2 aromatic heterocycles. The number of hydrogen-bond acceptors (Lipinski definition) is 6. The summed E-state index contributed by atoms with van der Waals surface area (Å²) in [7, 11) is 0. The zero-order valence-corrected chi connectivity index (χ0v) is 17.5. The minimum Gasteiger partial charge on any atom is -0.393 e. The second-order valence-electron chi connectivity index (χ2n) is 7.79. The Morgan fingerprint density at radius 1 is 1.20 bits per heavy atom. The number of aliphatic hydroxyl groups excluding tert-OH is 1. The van der Waals surface area contributed by atoms with Crippen LogP contribution in [0.1, 0.15) is 43.0 Å². The van der Waals surface area contributed by atoms with Crippen molar-refractivity contribution in [1.29, 1.82) is 0 Å². The molecule has 7 nitrogen and oxygen atoms in total. The van der Waals surface area contributed by atoms with E-state index in [9.17, 15) is 5.11 Å². The molecule has 1 aromatic carbocycles. The summed E-state index contributed by atoms with van der Waals surface area (Å²) in [6.07, 6.45) is 9.58. The predicted octanol–water partition coefficient (Wildman–Crippen LogP) is 3.47. The first-order valence-corrected chi connectivity index (χ1v) is 10.6. The van der Waals surface area contributed by atoms with E-state index in [2.05, 4.69) is 39.3 Å². The summed E-state index contributed by atoms with van der Waals surface area (Å²) in [5, 5.41) is 14.2. The zero-order chi connectivity index (χ0) is 20.9. The van der Waals surface area contributed by atoms with Gasteiger partial charge >= 0.3 is 0 Å². The standard InChI is InChI=1S/C23H29N5O2/c1-3-4-22-25-13-17(14-26-22)23(20-15-30-12-9-21(20)29)27-18-5-7-19(8-6-18)28-11-10-24-16(28)2/h5-8,10-11,13-14,20-21,23,27,29H,3-4,9,12,15H2,1-2H3/t20-,21+,23-/m1/s1. The number of aromatic nitrogens is 4. The van der Waals surface area contributed by atoms with Gasteiger partial charge in [-0.15, -0.1) is 0 Å². The van der Waals surface area contributed by atoms with Crippen molar-refractivity contribution in [2.45, 2.75) is 45.3 Å². The lowest BCUT2D eigenvalue weighted by Gasteiger charge is -2.35. The van der Waals surface area contributed by atoms with Gasteiger partial charge < -0.3 is 19.7 Å². The van der Waals surface area contributed by atoms with E-state index in [1.807, 2.05) is 42.2 Å². The number of nitrogens with one attached hydrogen (secondary N) is 1. The summed E-state index contributed by atoms with van der Waals surface area (Å²) in [5.41, 5.74) is 2.98. The summed E-state index contributed by atoms with van der Waals surface area (Å²) < 4.78 is 7.73. The van der Waals surface area contributed by atoms with Crippen LogP contribution in [-0.2, 0) is 11.2 Å². The molecular formula is C23H29N5O2. The molecule has 0 radical (unpaired) electrons. The normalized spacial score (nSPS) is 20.1. The highest BCUT2D eigenvalue weighted by Crippen LogP contribution is 2.32. The van der Waals surface area contributed by atoms with Crippen LogP contribution in [-0.4, -0.2) is 43.9 Å². The Hall–Kier alpha value is -2.77. The number of rotatable bonds is 7. The lowest BCUT2D eigenvalue weighted by atomic mass is 9.87. The van der Waals surface area contributed by atoms with E-state index < -0.39 is 6.10 Å². The Kier molecular flexibility index (Phi) is 6.40. The van der Waals surface area contributed by atoms with E-state index in [0.717, 1.165) is 41.4 Å². The molecule has 0 spiro atoms. The average Bonchev–Trinajstić information content (AvgIpc) is 3.20. The molecule has 0 unspecified atom stereocenters. The van der Waals surface area contributed by atoms with Crippen LogP contribution in [0.15, 0.2) is 49.1 Å². The Morgan fingerprint density at radius 3 is 2.60 bits per heavy atom. The quantitative estimate of drug-likeness (QED) is 0.624. The van der Waals surface area contributed by atoms with Gasteiger partial charge in [-0.25, -0.2) is 15.0 Å². The van der Waals surface area contributed by atoms with Crippen molar-refractivity contribution in [3.8, 4) is 5.69 Å². The van der Waals surface area contributed by atoms with Crippen molar-refractivity contribution < 1.29 is 9.84 Å². The molecule has 1 saturated heterocycles. The molecule has 1 aliphatic heterocycles. The van der Waals surface area contributed by atoms with Crippen molar-refractivity contribution in [3.05, 3.63) is 66.3 Å². The maximum atomic E-state index is 10.6. The second-order valence-corrected chi connectivity index (χ2v) is 7.79. The maximum Gasteiger partial charge on any atom is 0.128 e. The van der Waals surface area contributed by atoms with Gasteiger partial charge in [0.05, 0.1) is 18.8 Å². The smallest absolute Gasteiger partial charge is 0.128 e. The average molecular weight is 408 g/mol. The Balaban J connectivity index is 1.58. The number of anilines is 1. The summed E-state index contributed by atoms with van der Waals surface area (Å²) in [6.45, 7) is 5.19. The molecule has 1 fully saturated rings. The lowest BCUT2D eigenvalue weighted by molar-refractivity contribution is -0.0424. The fourth-order valence-electron chi connectivity index (χ4n) is 3.93. The van der Waals surface area contributed by atoms with E-state index in [4.69, 9.17) is 4.74 Å². The summed E-state index contributed by atoms with van der Waals surface area (Å²) in [5.74, 6) is 1.72. The van der Waals surface area contributed by atoms with Gasteiger partial charge in [0.15, 0.2) is 0 Å². The minimum atomic E-state index is -0.431. The molecule has 2 N–H and O–H groups in total. The number of ether oxygens (including phenoxy) is 1. The third-order valence-corrected chi connectivity index (χ3v) is 5.64. The van der Waals surface area contributed by atoms with Crippen LogP contribution in [0.3, 0.4) is 0 Å². The van der Waals surface area contributed by atoms with Crippen molar-refractivity contribution in [1.82, 2.24) is 19.5 Å². The van der Waals surface area contributed by atoms with E-state index in [0.29, 0.717) is 19.6 Å². The van der Waals surface area contributed by atoms with Crippen LogP contribution in [0.5, 0.6) is 0 Å². The van der Waals surface area contributed by atoms with E-state index in [-0.39, 0.29) is 12.0 Å². The molecule has 4 rings (SSSR count). The second kappa shape index (κ2) is 9.36. The van der Waals surface area contributed by atoms with Gasteiger partial charge in [-0.1, -0.05) is 6.92 Å². The first kappa shape index (κ1) is 20.5. The topological polar surface area (TPSA) is 85.1 Å². The molecule has 0 amide bonds. The first-order chi connectivity index (χ1) is 14.7. The molecule has 30 heavy (non-hydrogen) atoms. The molecule has 0 saturated carbocycles. The Bertz CT molecular complexity index is 939. The first-order valence-electron chi connectivity index (χ1n) is 10.6. The zero-order valence-electron chi connectivity index (χ0n) is 17.5. The van der Waals surface area contributed by atoms with Crippen molar-refractivity contribution >= 4 is 5.69 Å². The Morgan fingerprint density at radius 2 is 1.97 bits per heavy atom. The fraction of sp³-hybridized carbons (Fsp3) is 0.435. The monoisotopic (exact) mass is 407 g/mol. The van der Waals surface area contributed by atoms with Gasteiger partial charge in [0, 0.05) is 60.7 Å². The summed E-state index contributed by atoms with van der Waals surface area (Å²) in [6, 6.07) is 8.07. The maximum absolute atomic E-state index is 10.6. The molecule has 0 bridgehead atoms. The largest absolute Gasteiger partial charge is 0.393 e. The van der Waals surface area contributed by atoms with Crippen LogP contribution in [0.4, 0.5) is 5.69 Å². The van der Waals surface area contributed by atoms with Crippen molar-refractivity contribution in [3.63, 3.8) is 0 Å².